The first-order valence-corrected chi connectivity index (χ1v) is 8.17. The molecule has 0 heterocycles. The number of esters is 1. The van der Waals surface area contributed by atoms with Gasteiger partial charge in [0.15, 0.2) is 0 Å². The van der Waals surface area contributed by atoms with E-state index in [2.05, 4.69) is 39.8 Å². The SMILES string of the molecule is CCCCOC(=O)CCCc1ccc(C(C)(C)C)c(Cl)c1. The second kappa shape index (κ2) is 8.43. The Morgan fingerprint density at radius 3 is 2.52 bits per heavy atom. The monoisotopic (exact) mass is 310 g/mol. The van der Waals surface area contributed by atoms with E-state index >= 15 is 0 Å². The molecule has 1 aromatic carbocycles. The summed E-state index contributed by atoms with van der Waals surface area (Å²) >= 11 is 6.35. The van der Waals surface area contributed by atoms with Crippen LogP contribution in [0, 0.1) is 0 Å². The molecule has 0 aliphatic heterocycles. The highest BCUT2D eigenvalue weighted by Gasteiger charge is 2.17. The van der Waals surface area contributed by atoms with Crippen molar-refractivity contribution in [3.63, 3.8) is 0 Å². The first-order valence-electron chi connectivity index (χ1n) is 7.79. The Kier molecular flexibility index (Phi) is 7.24. The number of hydrogen-bond acceptors (Lipinski definition) is 2. The molecule has 1 rings (SSSR count). The first-order chi connectivity index (χ1) is 9.84. The Bertz CT molecular complexity index is 461. The average molecular weight is 311 g/mol. The van der Waals surface area contributed by atoms with Gasteiger partial charge in [-0.05, 0) is 41.9 Å². The lowest BCUT2D eigenvalue weighted by Crippen LogP contribution is -2.12. The van der Waals surface area contributed by atoms with Crippen LogP contribution in [-0.4, -0.2) is 12.6 Å². The fourth-order valence-electron chi connectivity index (χ4n) is 2.16. The third kappa shape index (κ3) is 6.52. The van der Waals surface area contributed by atoms with Crippen molar-refractivity contribution >= 4 is 17.6 Å². The summed E-state index contributed by atoms with van der Waals surface area (Å²) in [6.07, 6.45) is 4.12. The predicted octanol–water partition coefficient (Wildman–Crippen LogP) is 5.30. The van der Waals surface area contributed by atoms with Crippen LogP contribution in [0.25, 0.3) is 0 Å². The van der Waals surface area contributed by atoms with Gasteiger partial charge in [-0.3, -0.25) is 4.79 Å². The van der Waals surface area contributed by atoms with E-state index < -0.39 is 0 Å². The Labute approximate surface area is 133 Å². The summed E-state index contributed by atoms with van der Waals surface area (Å²) in [7, 11) is 0. The van der Waals surface area contributed by atoms with Crippen molar-refractivity contribution in [2.75, 3.05) is 6.61 Å². The van der Waals surface area contributed by atoms with Gasteiger partial charge in [-0.15, -0.1) is 0 Å². The van der Waals surface area contributed by atoms with Crippen molar-refractivity contribution in [3.05, 3.63) is 34.3 Å². The lowest BCUT2D eigenvalue weighted by Gasteiger charge is -2.21. The van der Waals surface area contributed by atoms with Crippen LogP contribution in [0.1, 0.15) is 64.5 Å². The summed E-state index contributed by atoms with van der Waals surface area (Å²) in [6.45, 7) is 9.08. The Hall–Kier alpha value is -1.02. The van der Waals surface area contributed by atoms with E-state index in [1.165, 1.54) is 5.56 Å². The molecule has 2 nitrogen and oxygen atoms in total. The summed E-state index contributed by atoms with van der Waals surface area (Å²) in [6, 6.07) is 6.22. The van der Waals surface area contributed by atoms with Crippen molar-refractivity contribution in [1.82, 2.24) is 0 Å². The van der Waals surface area contributed by atoms with Gasteiger partial charge < -0.3 is 4.74 Å². The summed E-state index contributed by atoms with van der Waals surface area (Å²) in [4.78, 5) is 11.5. The molecule has 0 aromatic heterocycles. The standard InChI is InChI=1S/C18H27ClO2/c1-5-6-12-21-17(20)9-7-8-14-10-11-15(16(19)13-14)18(2,3)4/h10-11,13H,5-9,12H2,1-4H3. The zero-order valence-electron chi connectivity index (χ0n) is 13.7. The molecule has 118 valence electrons. The zero-order valence-corrected chi connectivity index (χ0v) is 14.4. The molecule has 1 aromatic rings. The van der Waals surface area contributed by atoms with Gasteiger partial charge in [0.2, 0.25) is 0 Å². The number of halogens is 1. The molecule has 0 N–H and O–H groups in total. The van der Waals surface area contributed by atoms with Crippen LogP contribution in [-0.2, 0) is 21.4 Å². The molecular formula is C18H27ClO2. The van der Waals surface area contributed by atoms with E-state index in [0.29, 0.717) is 13.0 Å². The molecule has 0 saturated heterocycles. The van der Waals surface area contributed by atoms with Crippen LogP contribution in [0.15, 0.2) is 18.2 Å². The Balaban J connectivity index is 2.43. The maximum atomic E-state index is 11.5. The highest BCUT2D eigenvalue weighted by Crippen LogP contribution is 2.30. The molecule has 0 fully saturated rings. The van der Waals surface area contributed by atoms with E-state index in [0.717, 1.165) is 36.3 Å². The van der Waals surface area contributed by atoms with Gasteiger partial charge in [0.05, 0.1) is 6.61 Å². The number of carbonyl (C=O) groups excluding carboxylic acids is 1. The maximum Gasteiger partial charge on any atom is 0.305 e. The third-order valence-electron chi connectivity index (χ3n) is 3.45. The van der Waals surface area contributed by atoms with E-state index in [1.54, 1.807) is 0 Å². The minimum absolute atomic E-state index is 0.0543. The lowest BCUT2D eigenvalue weighted by atomic mass is 9.86. The highest BCUT2D eigenvalue weighted by atomic mass is 35.5. The van der Waals surface area contributed by atoms with E-state index in [4.69, 9.17) is 16.3 Å². The van der Waals surface area contributed by atoms with E-state index in [9.17, 15) is 4.79 Å². The topological polar surface area (TPSA) is 26.3 Å². The van der Waals surface area contributed by atoms with Gasteiger partial charge in [-0.1, -0.05) is 57.8 Å². The fraction of sp³-hybridized carbons (Fsp3) is 0.611. The van der Waals surface area contributed by atoms with Crippen LogP contribution in [0.4, 0.5) is 0 Å². The maximum absolute atomic E-state index is 11.5. The fourth-order valence-corrected chi connectivity index (χ4v) is 2.65. The van der Waals surface area contributed by atoms with Crippen molar-refractivity contribution in [2.24, 2.45) is 0 Å². The Morgan fingerprint density at radius 2 is 1.95 bits per heavy atom. The summed E-state index contributed by atoms with van der Waals surface area (Å²) in [5.41, 5.74) is 2.39. The minimum atomic E-state index is -0.0964. The van der Waals surface area contributed by atoms with Crippen LogP contribution in [0.5, 0.6) is 0 Å². The van der Waals surface area contributed by atoms with Gasteiger partial charge in [-0.25, -0.2) is 0 Å². The molecule has 0 amide bonds. The number of benzene rings is 1. The van der Waals surface area contributed by atoms with Gasteiger partial charge in [0, 0.05) is 11.4 Å². The molecule has 0 aliphatic rings. The number of hydrogen-bond donors (Lipinski definition) is 0. The highest BCUT2D eigenvalue weighted by molar-refractivity contribution is 6.31. The van der Waals surface area contributed by atoms with Gasteiger partial charge in [-0.2, -0.15) is 0 Å². The van der Waals surface area contributed by atoms with Crippen LogP contribution >= 0.6 is 11.6 Å². The van der Waals surface area contributed by atoms with E-state index in [1.807, 2.05) is 6.07 Å². The smallest absolute Gasteiger partial charge is 0.305 e. The molecular weight excluding hydrogens is 284 g/mol. The van der Waals surface area contributed by atoms with Crippen molar-refractivity contribution in [1.29, 1.82) is 0 Å². The largest absolute Gasteiger partial charge is 0.466 e. The molecule has 0 saturated carbocycles. The molecule has 3 heteroatoms. The second-order valence-electron chi connectivity index (χ2n) is 6.49. The van der Waals surface area contributed by atoms with Gasteiger partial charge in [0.1, 0.15) is 0 Å². The number of ether oxygens (including phenoxy) is 1. The second-order valence-corrected chi connectivity index (χ2v) is 6.90. The third-order valence-corrected chi connectivity index (χ3v) is 3.76. The van der Waals surface area contributed by atoms with Gasteiger partial charge >= 0.3 is 5.97 Å². The summed E-state index contributed by atoms with van der Waals surface area (Å²) < 4.78 is 5.14. The molecule has 0 atom stereocenters. The Morgan fingerprint density at radius 1 is 1.24 bits per heavy atom. The molecule has 0 unspecified atom stereocenters. The van der Waals surface area contributed by atoms with Crippen LogP contribution in [0.3, 0.4) is 0 Å². The van der Waals surface area contributed by atoms with Gasteiger partial charge in [0.25, 0.3) is 0 Å². The normalized spacial score (nSPS) is 11.5. The molecule has 0 radical (unpaired) electrons. The van der Waals surface area contributed by atoms with Crippen molar-refractivity contribution in [2.45, 2.75) is 65.2 Å². The number of carbonyl (C=O) groups is 1. The number of aryl methyl sites for hydroxylation is 1. The quantitative estimate of drug-likeness (QED) is 0.504. The minimum Gasteiger partial charge on any atom is -0.466 e. The van der Waals surface area contributed by atoms with E-state index in [-0.39, 0.29) is 11.4 Å². The zero-order chi connectivity index (χ0) is 15.9. The van der Waals surface area contributed by atoms with Crippen molar-refractivity contribution in [3.8, 4) is 0 Å². The molecule has 0 bridgehead atoms. The summed E-state index contributed by atoms with van der Waals surface area (Å²) in [5, 5.41) is 0.811. The van der Waals surface area contributed by atoms with Crippen LogP contribution in [0.2, 0.25) is 5.02 Å². The lowest BCUT2D eigenvalue weighted by molar-refractivity contribution is -0.143. The number of unbranched alkanes of at least 4 members (excludes halogenated alkanes) is 1. The summed E-state index contributed by atoms with van der Waals surface area (Å²) in [5.74, 6) is -0.0964. The predicted molar refractivity (Wildman–Crippen MR) is 89.0 cm³/mol. The first kappa shape index (κ1) is 18.0. The molecule has 21 heavy (non-hydrogen) atoms. The van der Waals surface area contributed by atoms with Crippen molar-refractivity contribution < 1.29 is 9.53 Å². The average Bonchev–Trinajstić information content (AvgIpc) is 2.37. The molecule has 0 spiro atoms. The molecule has 0 aliphatic carbocycles. The number of rotatable bonds is 7. The van der Waals surface area contributed by atoms with Crippen LogP contribution < -0.4 is 0 Å².